The second kappa shape index (κ2) is 30.4. The van der Waals surface area contributed by atoms with Crippen molar-refractivity contribution in [3.8, 4) is 135 Å². The highest BCUT2D eigenvalue weighted by atomic mass is 16.3. The van der Waals surface area contributed by atoms with Crippen LogP contribution in [-0.2, 0) is 10.8 Å². The molecule has 0 atom stereocenters. The summed E-state index contributed by atoms with van der Waals surface area (Å²) in [5, 5.41) is 4.52. The fourth-order valence-electron chi connectivity index (χ4n) is 19.1. The van der Waals surface area contributed by atoms with Crippen LogP contribution < -0.4 is 0 Å². The molecular formula is C116H74N6O2. The zero-order valence-corrected chi connectivity index (χ0v) is 67.2. The van der Waals surface area contributed by atoms with Gasteiger partial charge in [-0.1, -0.05) is 406 Å². The van der Waals surface area contributed by atoms with E-state index >= 15 is 0 Å². The molecule has 580 valence electrons. The highest BCUT2D eigenvalue weighted by Crippen LogP contribution is 2.59. The SMILES string of the molecule is c1ccc(-c2nc(-c3ccccc3)nc(-c3cccc(-c4ccc(-c5ccc(C6(c7ccc8c(c7)oc7ccccc78)c7ccccc7-c7ccccc76)cc5)cc4)c3)n2)cc1.c1ccc(-c2nc(-c3ccccc3)nc(-c3cccc(-c4cccc(-c5ccc(C6(c7ccc8c(c7)oc7ccccc78)c7ccccc7-c7ccccc76)cc5)c4)c3)n2)cc1. The number of aromatic nitrogens is 6. The van der Waals surface area contributed by atoms with Gasteiger partial charge in [-0.25, -0.2) is 29.9 Å². The molecule has 0 N–H and O–H groups in total. The molecule has 0 saturated heterocycles. The third-order valence-electron chi connectivity index (χ3n) is 24.9. The van der Waals surface area contributed by atoms with Gasteiger partial charge >= 0.3 is 0 Å². The Labute approximate surface area is 717 Å². The average Bonchev–Trinajstić information content (AvgIpc) is 1.54. The number of benzene rings is 18. The third kappa shape index (κ3) is 12.5. The smallest absolute Gasteiger partial charge is 0.164 e. The number of hydrogen-bond acceptors (Lipinski definition) is 8. The number of hydrogen-bond donors (Lipinski definition) is 0. The molecule has 24 rings (SSSR count). The molecule has 0 spiro atoms. The van der Waals surface area contributed by atoms with Crippen molar-refractivity contribution >= 4 is 43.9 Å². The Kier molecular flexibility index (Phi) is 17.9. The van der Waals surface area contributed by atoms with Gasteiger partial charge in [0, 0.05) is 54.9 Å². The van der Waals surface area contributed by atoms with Crippen LogP contribution in [-0.4, -0.2) is 29.9 Å². The van der Waals surface area contributed by atoms with E-state index in [1.807, 2.05) is 146 Å². The molecule has 0 aliphatic heterocycles. The molecule has 124 heavy (non-hydrogen) atoms. The minimum Gasteiger partial charge on any atom is -0.456 e. The molecule has 8 nitrogen and oxygen atoms in total. The summed E-state index contributed by atoms with van der Waals surface area (Å²) in [6, 6.07) is 159. The van der Waals surface area contributed by atoms with Gasteiger partial charge in [-0.05, 0) is 154 Å². The molecule has 4 aromatic heterocycles. The average molecular weight is 1580 g/mol. The van der Waals surface area contributed by atoms with Crippen LogP contribution in [0, 0.1) is 0 Å². The Morgan fingerprint density at radius 1 is 0.145 bits per heavy atom. The largest absolute Gasteiger partial charge is 0.456 e. The summed E-state index contributed by atoms with van der Waals surface area (Å²) in [5.74, 6) is 3.86. The summed E-state index contributed by atoms with van der Waals surface area (Å²) >= 11 is 0. The van der Waals surface area contributed by atoms with Gasteiger partial charge in [-0.15, -0.1) is 0 Å². The van der Waals surface area contributed by atoms with Crippen molar-refractivity contribution in [3.05, 3.63) is 493 Å². The third-order valence-corrected chi connectivity index (χ3v) is 24.9. The molecule has 2 aliphatic carbocycles. The first-order chi connectivity index (χ1) is 61.4. The summed E-state index contributed by atoms with van der Waals surface area (Å²) in [5.41, 5.74) is 32.1. The zero-order valence-electron chi connectivity index (χ0n) is 67.2. The number of rotatable bonds is 14. The van der Waals surface area contributed by atoms with E-state index in [1.54, 1.807) is 0 Å². The van der Waals surface area contributed by atoms with Gasteiger partial charge in [-0.3, -0.25) is 0 Å². The summed E-state index contributed by atoms with van der Waals surface area (Å²) < 4.78 is 13.0. The number of furan rings is 2. The maximum atomic E-state index is 6.50. The predicted octanol–water partition coefficient (Wildman–Crippen LogP) is 28.9. The molecule has 8 heteroatoms. The Bertz CT molecular complexity index is 7630. The van der Waals surface area contributed by atoms with Gasteiger partial charge in [0.2, 0.25) is 0 Å². The molecule has 22 aromatic rings. The summed E-state index contributed by atoms with van der Waals surface area (Å²) in [6.07, 6.45) is 0. The summed E-state index contributed by atoms with van der Waals surface area (Å²) in [7, 11) is 0. The monoisotopic (exact) mass is 1580 g/mol. The molecular weight excluding hydrogens is 1510 g/mol. The van der Waals surface area contributed by atoms with E-state index in [-0.39, 0.29) is 0 Å². The van der Waals surface area contributed by atoms with Crippen molar-refractivity contribution in [2.75, 3.05) is 0 Å². The normalized spacial score (nSPS) is 12.6. The molecule has 18 aromatic carbocycles. The molecule has 0 fully saturated rings. The number of nitrogens with zero attached hydrogens (tertiary/aromatic N) is 6. The first-order valence-electron chi connectivity index (χ1n) is 42.0. The van der Waals surface area contributed by atoms with Crippen LogP contribution in [0.1, 0.15) is 44.5 Å². The standard InChI is InChI=1S/2C58H37N3O/c1-3-15-39(16-4-1)55-59-56(40-17-5-2-6-18-40)61-57(60-55)44-22-14-21-43(36-44)42-20-13-19-41(35-42)38-29-31-45(32-30-38)58(51-26-10-7-23-47(51)48-24-8-11-27-52(48)58)46-33-34-50-49-25-9-12-28-53(49)62-54(50)37-46;1-3-14-41(15-4-1)55-59-56(42-16-5-2-6-17-42)61-57(60-55)44-19-13-18-43(36-44)40-28-26-38(27-29-40)39-30-32-45(33-31-39)58(51-23-10-7-20-47(51)48-21-8-11-24-52(48)58)46-34-35-50-49-22-9-12-25-53(49)62-54(50)37-46/h2*1-37H. The maximum Gasteiger partial charge on any atom is 0.164 e. The lowest BCUT2D eigenvalue weighted by Crippen LogP contribution is -2.28. The van der Waals surface area contributed by atoms with Crippen molar-refractivity contribution in [2.45, 2.75) is 10.8 Å². The van der Waals surface area contributed by atoms with E-state index in [1.165, 1.54) is 66.8 Å². The molecule has 0 bridgehead atoms. The van der Waals surface area contributed by atoms with Crippen molar-refractivity contribution in [1.82, 2.24) is 29.9 Å². The minimum absolute atomic E-state index is 0.532. The summed E-state index contributed by atoms with van der Waals surface area (Å²) in [6.45, 7) is 0. The van der Waals surface area contributed by atoms with E-state index in [0.717, 1.165) is 122 Å². The van der Waals surface area contributed by atoms with Gasteiger partial charge in [-0.2, -0.15) is 0 Å². The van der Waals surface area contributed by atoms with Crippen LogP contribution in [0.3, 0.4) is 0 Å². The molecule has 0 unspecified atom stereocenters. The lowest BCUT2D eigenvalue weighted by Gasteiger charge is -2.34. The number of para-hydroxylation sites is 2. The van der Waals surface area contributed by atoms with E-state index in [9.17, 15) is 0 Å². The van der Waals surface area contributed by atoms with Gasteiger partial charge in [0.15, 0.2) is 34.9 Å². The lowest BCUT2D eigenvalue weighted by molar-refractivity contribution is 0.665. The quantitative estimate of drug-likeness (QED) is 0.106. The van der Waals surface area contributed by atoms with Gasteiger partial charge < -0.3 is 8.83 Å². The zero-order chi connectivity index (χ0) is 82.1. The highest BCUT2D eigenvalue weighted by Gasteiger charge is 2.48. The second-order valence-electron chi connectivity index (χ2n) is 31.9. The van der Waals surface area contributed by atoms with Crippen LogP contribution in [0.25, 0.3) is 179 Å². The first kappa shape index (κ1) is 72.8. The minimum atomic E-state index is -0.545. The fraction of sp³-hybridized carbons (Fsp3) is 0.0172. The van der Waals surface area contributed by atoms with E-state index in [2.05, 4.69) is 303 Å². The highest BCUT2D eigenvalue weighted by molar-refractivity contribution is 6.07. The maximum absolute atomic E-state index is 6.50. The lowest BCUT2D eigenvalue weighted by atomic mass is 9.67. The van der Waals surface area contributed by atoms with Gasteiger partial charge in [0.25, 0.3) is 0 Å². The van der Waals surface area contributed by atoms with Gasteiger partial charge in [0.1, 0.15) is 22.3 Å². The van der Waals surface area contributed by atoms with Crippen LogP contribution in [0.2, 0.25) is 0 Å². The molecule has 0 radical (unpaired) electrons. The Balaban J connectivity index is 0.000000143. The Morgan fingerprint density at radius 2 is 0.371 bits per heavy atom. The van der Waals surface area contributed by atoms with Crippen LogP contribution in [0.15, 0.2) is 458 Å². The van der Waals surface area contributed by atoms with Crippen molar-refractivity contribution in [2.24, 2.45) is 0 Å². The molecule has 2 aliphatic rings. The van der Waals surface area contributed by atoms with Crippen LogP contribution in [0.5, 0.6) is 0 Å². The molecule has 0 amide bonds. The van der Waals surface area contributed by atoms with Crippen molar-refractivity contribution < 1.29 is 8.83 Å². The second-order valence-corrected chi connectivity index (χ2v) is 31.9. The number of fused-ring (bicyclic) bond motifs is 12. The predicted molar refractivity (Wildman–Crippen MR) is 503 cm³/mol. The van der Waals surface area contributed by atoms with Crippen molar-refractivity contribution in [1.29, 1.82) is 0 Å². The van der Waals surface area contributed by atoms with Crippen LogP contribution in [0.4, 0.5) is 0 Å². The van der Waals surface area contributed by atoms with Gasteiger partial charge in [0.05, 0.1) is 10.8 Å². The topological polar surface area (TPSA) is 104 Å². The summed E-state index contributed by atoms with van der Waals surface area (Å²) in [4.78, 5) is 29.7. The van der Waals surface area contributed by atoms with E-state index in [4.69, 9.17) is 38.7 Å². The van der Waals surface area contributed by atoms with Crippen LogP contribution >= 0.6 is 0 Å². The molecule has 4 heterocycles. The van der Waals surface area contributed by atoms with Crippen molar-refractivity contribution in [3.63, 3.8) is 0 Å². The Morgan fingerprint density at radius 3 is 0.702 bits per heavy atom. The first-order valence-corrected chi connectivity index (χ1v) is 42.0. The van der Waals surface area contributed by atoms with E-state index < -0.39 is 10.8 Å². The Hall–Kier alpha value is -16.4. The molecule has 0 saturated carbocycles. The van der Waals surface area contributed by atoms with E-state index in [0.29, 0.717) is 34.9 Å². The fourth-order valence-corrected chi connectivity index (χ4v) is 19.1.